The third-order valence-corrected chi connectivity index (χ3v) is 3.41. The summed E-state index contributed by atoms with van der Waals surface area (Å²) in [5.74, 6) is -0.501. The van der Waals surface area contributed by atoms with E-state index in [0.717, 1.165) is 16.3 Å². The van der Waals surface area contributed by atoms with Crippen molar-refractivity contribution in [2.75, 3.05) is 0 Å². The molecule has 0 amide bonds. The van der Waals surface area contributed by atoms with Crippen LogP contribution in [0.5, 0.6) is 0 Å². The molecule has 4 heteroatoms. The van der Waals surface area contributed by atoms with Gasteiger partial charge >= 0.3 is 0 Å². The number of rotatable bonds is 3. The van der Waals surface area contributed by atoms with Crippen molar-refractivity contribution >= 4 is 18.0 Å². The van der Waals surface area contributed by atoms with E-state index in [2.05, 4.69) is 4.98 Å². The Bertz CT molecular complexity index is 578. The summed E-state index contributed by atoms with van der Waals surface area (Å²) in [7, 11) is 0. The van der Waals surface area contributed by atoms with Crippen molar-refractivity contribution in [1.29, 1.82) is 0 Å². The van der Waals surface area contributed by atoms with Crippen molar-refractivity contribution in [2.45, 2.75) is 23.8 Å². The lowest BCUT2D eigenvalue weighted by Crippen LogP contribution is -1.92. The minimum Gasteiger partial charge on any atom is -0.298 e. The number of pyridine rings is 1. The number of aryl methyl sites for hydroxylation is 2. The van der Waals surface area contributed by atoms with Gasteiger partial charge in [-0.2, -0.15) is 0 Å². The van der Waals surface area contributed by atoms with Crippen molar-refractivity contribution in [3.8, 4) is 0 Å². The van der Waals surface area contributed by atoms with Gasteiger partial charge in [-0.15, -0.1) is 0 Å². The number of hydrogen-bond donors (Lipinski definition) is 0. The van der Waals surface area contributed by atoms with Crippen LogP contribution < -0.4 is 0 Å². The number of aldehydes is 1. The molecule has 0 N–H and O–H groups in total. The molecule has 0 aliphatic carbocycles. The van der Waals surface area contributed by atoms with Crippen LogP contribution in [0.15, 0.2) is 40.3 Å². The number of halogens is 1. The first-order valence-corrected chi connectivity index (χ1v) is 6.28. The maximum absolute atomic E-state index is 13.4. The van der Waals surface area contributed by atoms with Crippen LogP contribution in [0.4, 0.5) is 4.39 Å². The van der Waals surface area contributed by atoms with Crippen molar-refractivity contribution in [1.82, 2.24) is 4.98 Å². The fourth-order valence-corrected chi connectivity index (χ4v) is 2.75. The highest BCUT2D eigenvalue weighted by Gasteiger charge is 2.09. The lowest BCUT2D eigenvalue weighted by Gasteiger charge is -2.06. The predicted molar refractivity (Wildman–Crippen MR) is 69.6 cm³/mol. The van der Waals surface area contributed by atoms with Crippen molar-refractivity contribution in [2.24, 2.45) is 0 Å². The van der Waals surface area contributed by atoms with E-state index in [1.54, 1.807) is 12.1 Å². The Balaban J connectivity index is 2.39. The standard InChI is InChI=1S/C14H12FNOS/c1-9-6-10(2)16-14(7-9)18-13-5-3-4-12(15)11(13)8-17/h3-8H,1-2H3. The SMILES string of the molecule is Cc1cc(C)nc(Sc2cccc(F)c2C=O)c1. The molecule has 0 aliphatic heterocycles. The van der Waals surface area contributed by atoms with E-state index in [1.807, 2.05) is 26.0 Å². The van der Waals surface area contributed by atoms with Crippen LogP contribution in [0.2, 0.25) is 0 Å². The molecule has 0 saturated carbocycles. The number of benzene rings is 1. The van der Waals surface area contributed by atoms with Gasteiger partial charge < -0.3 is 0 Å². The van der Waals surface area contributed by atoms with Crippen LogP contribution >= 0.6 is 11.8 Å². The zero-order valence-corrected chi connectivity index (χ0v) is 10.9. The van der Waals surface area contributed by atoms with E-state index in [4.69, 9.17) is 0 Å². The number of aromatic nitrogens is 1. The van der Waals surface area contributed by atoms with Crippen LogP contribution in [0.25, 0.3) is 0 Å². The molecule has 2 aromatic rings. The second kappa shape index (κ2) is 5.31. The highest BCUT2D eigenvalue weighted by atomic mass is 32.2. The molecule has 1 aromatic heterocycles. The number of carbonyl (C=O) groups excluding carboxylic acids is 1. The molecule has 1 heterocycles. The second-order valence-electron chi connectivity index (χ2n) is 4.00. The van der Waals surface area contributed by atoms with Gasteiger partial charge in [0.15, 0.2) is 6.29 Å². The lowest BCUT2D eigenvalue weighted by atomic mass is 10.2. The third-order valence-electron chi connectivity index (χ3n) is 2.42. The van der Waals surface area contributed by atoms with Gasteiger partial charge in [0.05, 0.1) is 5.56 Å². The quantitative estimate of drug-likeness (QED) is 0.787. The summed E-state index contributed by atoms with van der Waals surface area (Å²) in [5.41, 5.74) is 2.08. The molecule has 0 fully saturated rings. The van der Waals surface area contributed by atoms with E-state index in [0.29, 0.717) is 11.2 Å². The van der Waals surface area contributed by atoms with Gasteiger partial charge in [-0.25, -0.2) is 9.37 Å². The first kappa shape index (κ1) is 12.8. The molecular formula is C14H12FNOS. The first-order valence-electron chi connectivity index (χ1n) is 5.47. The molecule has 0 bridgehead atoms. The number of nitrogens with zero attached hydrogens (tertiary/aromatic N) is 1. The smallest absolute Gasteiger partial charge is 0.154 e. The zero-order valence-electron chi connectivity index (χ0n) is 10.1. The van der Waals surface area contributed by atoms with Gasteiger partial charge in [0.2, 0.25) is 0 Å². The third kappa shape index (κ3) is 2.76. The van der Waals surface area contributed by atoms with Crippen LogP contribution in [0, 0.1) is 19.7 Å². The van der Waals surface area contributed by atoms with Gasteiger partial charge in [-0.1, -0.05) is 17.8 Å². The fourth-order valence-electron chi connectivity index (χ4n) is 1.69. The molecule has 2 nitrogen and oxygen atoms in total. The van der Waals surface area contributed by atoms with E-state index < -0.39 is 5.82 Å². The molecule has 0 spiro atoms. The molecule has 0 aliphatic rings. The molecule has 92 valence electrons. The molecular weight excluding hydrogens is 249 g/mol. The van der Waals surface area contributed by atoms with Crippen LogP contribution in [-0.2, 0) is 0 Å². The summed E-state index contributed by atoms with van der Waals surface area (Å²) in [6, 6.07) is 8.47. The molecule has 18 heavy (non-hydrogen) atoms. The Labute approximate surface area is 109 Å². The largest absolute Gasteiger partial charge is 0.298 e. The summed E-state index contributed by atoms with van der Waals surface area (Å²) in [5, 5.41) is 0.765. The zero-order chi connectivity index (χ0) is 13.1. The molecule has 1 aromatic carbocycles. The van der Waals surface area contributed by atoms with E-state index in [1.165, 1.54) is 17.8 Å². The Morgan fingerprint density at radius 1 is 1.28 bits per heavy atom. The average molecular weight is 261 g/mol. The van der Waals surface area contributed by atoms with Crippen molar-refractivity contribution in [3.63, 3.8) is 0 Å². The lowest BCUT2D eigenvalue weighted by molar-refractivity contribution is 0.111. The molecule has 0 atom stereocenters. The maximum Gasteiger partial charge on any atom is 0.154 e. The Hall–Kier alpha value is -1.68. The summed E-state index contributed by atoms with van der Waals surface area (Å²) in [4.78, 5) is 15.8. The van der Waals surface area contributed by atoms with Crippen LogP contribution in [0.3, 0.4) is 0 Å². The van der Waals surface area contributed by atoms with E-state index >= 15 is 0 Å². The molecule has 0 unspecified atom stereocenters. The van der Waals surface area contributed by atoms with Crippen LogP contribution in [0.1, 0.15) is 21.6 Å². The maximum atomic E-state index is 13.4. The monoisotopic (exact) mass is 261 g/mol. The predicted octanol–water partition coefficient (Wildman–Crippen LogP) is 3.80. The van der Waals surface area contributed by atoms with Gasteiger partial charge in [0.1, 0.15) is 10.8 Å². The summed E-state index contributed by atoms with van der Waals surface area (Å²) in [6.07, 6.45) is 0.542. The number of hydrogen-bond acceptors (Lipinski definition) is 3. The van der Waals surface area contributed by atoms with Gasteiger partial charge in [-0.3, -0.25) is 4.79 Å². The Morgan fingerprint density at radius 3 is 2.72 bits per heavy atom. The second-order valence-corrected chi connectivity index (χ2v) is 5.06. The highest BCUT2D eigenvalue weighted by molar-refractivity contribution is 7.99. The average Bonchev–Trinajstić information content (AvgIpc) is 2.27. The summed E-state index contributed by atoms with van der Waals surface area (Å²) < 4.78 is 13.4. The Morgan fingerprint density at radius 2 is 2.06 bits per heavy atom. The summed E-state index contributed by atoms with van der Waals surface area (Å²) >= 11 is 1.30. The van der Waals surface area contributed by atoms with Crippen LogP contribution in [-0.4, -0.2) is 11.3 Å². The minimum atomic E-state index is -0.501. The van der Waals surface area contributed by atoms with Crippen molar-refractivity contribution < 1.29 is 9.18 Å². The normalized spacial score (nSPS) is 10.4. The molecule has 0 radical (unpaired) electrons. The van der Waals surface area contributed by atoms with E-state index in [9.17, 15) is 9.18 Å². The molecule has 0 saturated heterocycles. The first-order chi connectivity index (χ1) is 8.60. The summed E-state index contributed by atoms with van der Waals surface area (Å²) in [6.45, 7) is 3.88. The van der Waals surface area contributed by atoms with Crippen molar-refractivity contribution in [3.05, 3.63) is 53.0 Å². The van der Waals surface area contributed by atoms with Gasteiger partial charge in [0.25, 0.3) is 0 Å². The highest BCUT2D eigenvalue weighted by Crippen LogP contribution is 2.30. The Kier molecular flexibility index (Phi) is 3.77. The van der Waals surface area contributed by atoms with Gasteiger partial charge in [-0.05, 0) is 43.7 Å². The fraction of sp³-hybridized carbons (Fsp3) is 0.143. The van der Waals surface area contributed by atoms with E-state index in [-0.39, 0.29) is 5.56 Å². The molecule has 2 rings (SSSR count). The number of carbonyl (C=O) groups is 1. The van der Waals surface area contributed by atoms with Gasteiger partial charge in [0, 0.05) is 10.6 Å². The topological polar surface area (TPSA) is 30.0 Å². The minimum absolute atomic E-state index is 0.0865.